The summed E-state index contributed by atoms with van der Waals surface area (Å²) in [6, 6.07) is 1.12. The van der Waals surface area contributed by atoms with Gasteiger partial charge >= 0.3 is 11.9 Å². The number of likely N-dealkylation sites (N-methyl/N-ethyl adjacent to an activating group) is 1. The molecule has 37 heavy (non-hydrogen) atoms. The number of hydrogen-bond donors (Lipinski definition) is 3. The van der Waals surface area contributed by atoms with E-state index in [0.717, 1.165) is 0 Å². The van der Waals surface area contributed by atoms with Crippen LogP contribution in [0.4, 0.5) is 0 Å². The van der Waals surface area contributed by atoms with Crippen molar-refractivity contribution in [1.29, 1.82) is 0 Å². The van der Waals surface area contributed by atoms with Gasteiger partial charge in [0.2, 0.25) is 23.6 Å². The third kappa shape index (κ3) is 6.59. The maximum absolute atomic E-state index is 13.2. The minimum atomic E-state index is -1.35. The zero-order valence-electron chi connectivity index (χ0n) is 20.8. The van der Waals surface area contributed by atoms with Gasteiger partial charge in [-0.25, -0.2) is 9.59 Å². The van der Waals surface area contributed by atoms with E-state index in [2.05, 4.69) is 10.6 Å². The van der Waals surface area contributed by atoms with Crippen molar-refractivity contribution in [3.05, 3.63) is 34.9 Å². The summed E-state index contributed by atoms with van der Waals surface area (Å²) in [5.74, 6) is -3.86. The number of nitrogens with one attached hydrogen (secondary N) is 2. The maximum atomic E-state index is 13.2. The van der Waals surface area contributed by atoms with Crippen molar-refractivity contribution in [2.24, 2.45) is 0 Å². The molecule has 0 radical (unpaired) electrons. The second-order valence-corrected chi connectivity index (χ2v) is 10.0. The van der Waals surface area contributed by atoms with Crippen LogP contribution in [0, 0.1) is 0 Å². The highest BCUT2D eigenvalue weighted by molar-refractivity contribution is 7.98. The molecule has 3 atom stereocenters. The average molecular weight is 535 g/mol. The van der Waals surface area contributed by atoms with Gasteiger partial charge in [0.25, 0.3) is 0 Å². The summed E-state index contributed by atoms with van der Waals surface area (Å²) in [5, 5.41) is 14.8. The largest absolute Gasteiger partial charge is 0.478 e. The van der Waals surface area contributed by atoms with Gasteiger partial charge < -0.3 is 30.3 Å². The Bertz CT molecular complexity index is 1110. The first-order valence-corrected chi connectivity index (χ1v) is 12.9. The van der Waals surface area contributed by atoms with Crippen LogP contribution in [0.15, 0.2) is 18.2 Å². The summed E-state index contributed by atoms with van der Waals surface area (Å²) in [6.45, 7) is 1.21. The van der Waals surface area contributed by atoms with Crippen LogP contribution < -0.4 is 10.6 Å². The molecule has 1 saturated heterocycles. The van der Waals surface area contributed by atoms with Crippen molar-refractivity contribution < 1.29 is 38.6 Å². The Balaban J connectivity index is 1.92. The van der Waals surface area contributed by atoms with E-state index in [0.29, 0.717) is 19.4 Å². The second-order valence-electron chi connectivity index (χ2n) is 8.98. The van der Waals surface area contributed by atoms with Crippen LogP contribution in [0.25, 0.3) is 0 Å². The molecule has 0 aliphatic carbocycles. The number of thioether (sulfide) groups is 1. The molecule has 0 bridgehead atoms. The van der Waals surface area contributed by atoms with Gasteiger partial charge in [-0.3, -0.25) is 19.2 Å². The van der Waals surface area contributed by atoms with Crippen molar-refractivity contribution in [3.8, 4) is 0 Å². The fraction of sp³-hybridized carbons (Fsp3) is 0.500. The summed E-state index contributed by atoms with van der Waals surface area (Å²) in [6.07, 6.45) is 1.05. The first kappa shape index (κ1) is 28.0. The average Bonchev–Trinajstić information content (AvgIpc) is 3.35. The molecule has 1 fully saturated rings. The van der Waals surface area contributed by atoms with Crippen molar-refractivity contribution in [3.63, 3.8) is 0 Å². The number of aromatic carboxylic acids is 1. The number of benzene rings is 1. The number of amides is 4. The molecule has 0 spiro atoms. The first-order valence-electron chi connectivity index (χ1n) is 11.7. The Kier molecular flexibility index (Phi) is 9.14. The molecule has 1 aromatic rings. The lowest BCUT2D eigenvalue weighted by molar-refractivity contribution is -0.139. The van der Waals surface area contributed by atoms with Gasteiger partial charge in [-0.1, -0.05) is 6.07 Å². The summed E-state index contributed by atoms with van der Waals surface area (Å²) < 4.78 is 5.35. The van der Waals surface area contributed by atoms with E-state index in [9.17, 15) is 33.9 Å². The molecule has 2 heterocycles. The fourth-order valence-electron chi connectivity index (χ4n) is 4.28. The number of carboxylic acids is 1. The molecule has 4 amide bonds. The van der Waals surface area contributed by atoms with E-state index < -0.39 is 54.4 Å². The molecule has 1 aromatic carbocycles. The van der Waals surface area contributed by atoms with Crippen LogP contribution in [0.2, 0.25) is 0 Å². The first-order chi connectivity index (χ1) is 17.5. The zero-order chi connectivity index (χ0) is 27.3. The van der Waals surface area contributed by atoms with Crippen LogP contribution in [-0.4, -0.2) is 102 Å². The summed E-state index contributed by atoms with van der Waals surface area (Å²) >= 11 is 1.17. The van der Waals surface area contributed by atoms with Crippen LogP contribution in [0.3, 0.4) is 0 Å². The number of carbonyl (C=O) groups is 6. The number of rotatable bonds is 4. The normalized spacial score (nSPS) is 22.5. The van der Waals surface area contributed by atoms with E-state index in [1.165, 1.54) is 60.8 Å². The minimum absolute atomic E-state index is 0.0208. The molecule has 0 aromatic heterocycles. The molecule has 0 saturated carbocycles. The molecule has 2 aliphatic heterocycles. The lowest BCUT2D eigenvalue weighted by Crippen LogP contribution is -2.58. The van der Waals surface area contributed by atoms with Gasteiger partial charge in [-0.05, 0) is 30.5 Å². The lowest BCUT2D eigenvalue weighted by atomic mass is 10.0. The highest BCUT2D eigenvalue weighted by Gasteiger charge is 2.36. The van der Waals surface area contributed by atoms with Crippen molar-refractivity contribution >= 4 is 47.3 Å². The number of carboxylic acid groups (broad SMARTS) is 1. The molecule has 12 nitrogen and oxygen atoms in total. The molecule has 2 aliphatic rings. The van der Waals surface area contributed by atoms with Gasteiger partial charge in [-0.15, -0.1) is 0 Å². The lowest BCUT2D eigenvalue weighted by Gasteiger charge is -2.28. The fourth-order valence-corrected chi connectivity index (χ4v) is 5.37. The number of hydrogen-bond acceptors (Lipinski definition) is 8. The third-order valence-electron chi connectivity index (χ3n) is 6.19. The van der Waals surface area contributed by atoms with Gasteiger partial charge in [0, 0.05) is 39.1 Å². The van der Waals surface area contributed by atoms with E-state index in [-0.39, 0.29) is 34.1 Å². The van der Waals surface area contributed by atoms with Crippen LogP contribution in [-0.2, 0) is 29.7 Å². The number of carbonyl (C=O) groups excluding carboxylic acids is 5. The maximum Gasteiger partial charge on any atom is 0.338 e. The minimum Gasteiger partial charge on any atom is -0.478 e. The van der Waals surface area contributed by atoms with E-state index in [4.69, 9.17) is 4.74 Å². The second kappa shape index (κ2) is 12.1. The van der Waals surface area contributed by atoms with E-state index >= 15 is 0 Å². The SMILES string of the molecule is CC(=O)N1CCC[C@H]1C(=O)N[C@@H]1COC(=O)c2cccc(C(=O)O)c2CSC[C@H](C(=O)N(C)C)NC1=O. The Morgan fingerprint density at radius 2 is 1.95 bits per heavy atom. The monoisotopic (exact) mass is 534 g/mol. The summed E-state index contributed by atoms with van der Waals surface area (Å²) in [7, 11) is 3.06. The number of cyclic esters (lactones) is 1. The Labute approximate surface area is 218 Å². The predicted molar refractivity (Wildman–Crippen MR) is 133 cm³/mol. The van der Waals surface area contributed by atoms with E-state index in [1.54, 1.807) is 0 Å². The Morgan fingerprint density at radius 3 is 2.59 bits per heavy atom. The summed E-state index contributed by atoms with van der Waals surface area (Å²) in [4.78, 5) is 78.3. The number of esters is 1. The number of fused-ring (bicyclic) bond motifs is 1. The highest BCUT2D eigenvalue weighted by Crippen LogP contribution is 2.24. The smallest absolute Gasteiger partial charge is 0.338 e. The van der Waals surface area contributed by atoms with Crippen molar-refractivity contribution in [1.82, 2.24) is 20.4 Å². The Hall–Kier alpha value is -3.61. The number of likely N-dealkylation sites (tertiary alicyclic amines) is 1. The Morgan fingerprint density at radius 1 is 1.22 bits per heavy atom. The topological polar surface area (TPSA) is 162 Å². The standard InChI is InChI=1S/C24H30N4O8S/c1-13(29)28-9-5-8-19(28)21(31)25-17-10-36-24(35)15-7-4-6-14(23(33)34)16(15)11-37-12-18(26-20(17)30)22(32)27(2)3/h4,6-7,17-19H,5,8-12H2,1-3H3,(H,25,31)(H,26,30)(H,33,34)/t17-,18-,19+/m1/s1. The molecule has 3 rings (SSSR count). The van der Waals surface area contributed by atoms with Gasteiger partial charge in [0.05, 0.1) is 11.1 Å². The van der Waals surface area contributed by atoms with Crippen LogP contribution in [0.5, 0.6) is 0 Å². The quantitative estimate of drug-likeness (QED) is 0.446. The predicted octanol–water partition coefficient (Wildman–Crippen LogP) is -0.143. The van der Waals surface area contributed by atoms with Gasteiger partial charge in [0.15, 0.2) is 0 Å². The van der Waals surface area contributed by atoms with E-state index in [1.807, 2.05) is 0 Å². The van der Waals surface area contributed by atoms with Crippen molar-refractivity contribution in [2.75, 3.05) is 33.0 Å². The third-order valence-corrected chi connectivity index (χ3v) is 7.25. The summed E-state index contributed by atoms with van der Waals surface area (Å²) in [5.41, 5.74) is 0.179. The van der Waals surface area contributed by atoms with Crippen LogP contribution >= 0.6 is 11.8 Å². The number of ether oxygens (including phenoxy) is 1. The molecule has 200 valence electrons. The molecular weight excluding hydrogens is 504 g/mol. The molecular formula is C24H30N4O8S. The van der Waals surface area contributed by atoms with Gasteiger partial charge in [0.1, 0.15) is 24.7 Å². The van der Waals surface area contributed by atoms with Crippen LogP contribution in [0.1, 0.15) is 46.0 Å². The number of nitrogens with zero attached hydrogens (tertiary/aromatic N) is 2. The molecule has 13 heteroatoms. The van der Waals surface area contributed by atoms with Gasteiger partial charge in [-0.2, -0.15) is 11.8 Å². The molecule has 3 N–H and O–H groups in total. The highest BCUT2D eigenvalue weighted by atomic mass is 32.2. The molecule has 0 unspecified atom stereocenters. The van der Waals surface area contributed by atoms with Crippen molar-refractivity contribution in [2.45, 2.75) is 43.6 Å². The zero-order valence-corrected chi connectivity index (χ0v) is 21.6.